The molecule has 0 saturated carbocycles. The summed E-state index contributed by atoms with van der Waals surface area (Å²) in [6, 6.07) is 16.6. The molecule has 6 rings (SSSR count). The maximum atomic E-state index is 13.5. The standard InChI is InChI=1S/C28H31NO4/c1-17(2)16-33-22(30)14-4-3-9-15-29-27(31)25-23-18-10-5-6-11-19(18)24(26(25)28(29)32)21-13-8-7-12-20(21)23/h5-8,10-13,17,23-26H,3-4,9,14-16H2,1-2H3/t23?,24?,25-,26-/m1/s1. The lowest BCUT2D eigenvalue weighted by Gasteiger charge is -2.45. The van der Waals surface area contributed by atoms with Crippen LogP contribution in [-0.4, -0.2) is 35.8 Å². The van der Waals surface area contributed by atoms with E-state index in [0.29, 0.717) is 38.3 Å². The van der Waals surface area contributed by atoms with E-state index < -0.39 is 0 Å². The van der Waals surface area contributed by atoms with Gasteiger partial charge in [-0.05, 0) is 41.0 Å². The number of benzene rings is 2. The third-order valence-corrected chi connectivity index (χ3v) is 7.38. The van der Waals surface area contributed by atoms with E-state index in [9.17, 15) is 14.4 Å². The molecule has 0 radical (unpaired) electrons. The Hall–Kier alpha value is -2.95. The van der Waals surface area contributed by atoms with E-state index in [1.54, 1.807) is 0 Å². The fourth-order valence-electron chi connectivity index (χ4n) is 6.01. The van der Waals surface area contributed by atoms with Crippen molar-refractivity contribution in [3.63, 3.8) is 0 Å². The molecule has 1 fully saturated rings. The van der Waals surface area contributed by atoms with Gasteiger partial charge in [-0.2, -0.15) is 0 Å². The van der Waals surface area contributed by atoms with Crippen molar-refractivity contribution in [2.45, 2.75) is 51.4 Å². The lowest BCUT2D eigenvalue weighted by atomic mass is 9.55. The summed E-state index contributed by atoms with van der Waals surface area (Å²) in [4.78, 5) is 40.3. The monoisotopic (exact) mass is 445 g/mol. The number of imide groups is 1. The van der Waals surface area contributed by atoms with Gasteiger partial charge in [-0.25, -0.2) is 0 Å². The van der Waals surface area contributed by atoms with Crippen LogP contribution >= 0.6 is 0 Å². The number of hydrogen-bond acceptors (Lipinski definition) is 4. The van der Waals surface area contributed by atoms with Crippen molar-refractivity contribution in [2.24, 2.45) is 17.8 Å². The quantitative estimate of drug-likeness (QED) is 0.337. The SMILES string of the molecule is CC(C)COC(=O)CCCCCN1C(=O)[C@@H]2C3c4ccccc4C(c4ccccc43)[C@H]2C1=O. The highest BCUT2D eigenvalue weighted by atomic mass is 16.5. The van der Waals surface area contributed by atoms with Crippen molar-refractivity contribution >= 4 is 17.8 Å². The summed E-state index contributed by atoms with van der Waals surface area (Å²) in [6.07, 6.45) is 2.59. The van der Waals surface area contributed by atoms with Gasteiger partial charge in [-0.15, -0.1) is 0 Å². The second-order valence-electron chi connectivity index (χ2n) is 9.98. The van der Waals surface area contributed by atoms with Crippen molar-refractivity contribution in [3.05, 3.63) is 70.8 Å². The van der Waals surface area contributed by atoms with Gasteiger partial charge in [0.15, 0.2) is 0 Å². The molecular weight excluding hydrogens is 414 g/mol. The number of likely N-dealkylation sites (tertiary alicyclic amines) is 1. The molecule has 3 aliphatic carbocycles. The Kier molecular flexibility index (Phi) is 5.81. The molecular formula is C28H31NO4. The van der Waals surface area contributed by atoms with Crippen molar-refractivity contribution in [3.8, 4) is 0 Å². The molecule has 0 spiro atoms. The fraction of sp³-hybridized carbons (Fsp3) is 0.464. The van der Waals surface area contributed by atoms with Gasteiger partial charge in [0.2, 0.25) is 11.8 Å². The Balaban J connectivity index is 1.28. The first-order chi connectivity index (χ1) is 16.0. The Morgan fingerprint density at radius 1 is 0.818 bits per heavy atom. The van der Waals surface area contributed by atoms with Crippen LogP contribution in [0.25, 0.3) is 0 Å². The van der Waals surface area contributed by atoms with E-state index in [-0.39, 0.29) is 41.5 Å². The van der Waals surface area contributed by atoms with Gasteiger partial charge in [-0.3, -0.25) is 19.3 Å². The zero-order valence-electron chi connectivity index (χ0n) is 19.3. The van der Waals surface area contributed by atoms with Gasteiger partial charge in [-0.1, -0.05) is 68.8 Å². The fourth-order valence-corrected chi connectivity index (χ4v) is 6.01. The topological polar surface area (TPSA) is 63.7 Å². The van der Waals surface area contributed by atoms with Gasteiger partial charge in [0.05, 0.1) is 18.4 Å². The number of hydrogen-bond donors (Lipinski definition) is 0. The molecule has 0 unspecified atom stereocenters. The van der Waals surface area contributed by atoms with Crippen LogP contribution in [0.3, 0.4) is 0 Å². The zero-order chi connectivity index (χ0) is 23.1. The summed E-state index contributed by atoms with van der Waals surface area (Å²) in [7, 11) is 0. The van der Waals surface area contributed by atoms with E-state index in [0.717, 1.165) is 6.42 Å². The average Bonchev–Trinajstić information content (AvgIpc) is 3.08. The van der Waals surface area contributed by atoms with Crippen LogP contribution in [0.15, 0.2) is 48.5 Å². The van der Waals surface area contributed by atoms with Crippen molar-refractivity contribution < 1.29 is 19.1 Å². The smallest absolute Gasteiger partial charge is 0.305 e. The minimum atomic E-state index is -0.307. The lowest BCUT2D eigenvalue weighted by molar-refractivity contribution is -0.145. The first-order valence-corrected chi connectivity index (χ1v) is 12.2. The van der Waals surface area contributed by atoms with Crippen LogP contribution < -0.4 is 0 Å². The Bertz CT molecular complexity index is 975. The molecule has 33 heavy (non-hydrogen) atoms. The van der Waals surface area contributed by atoms with Gasteiger partial charge < -0.3 is 4.74 Å². The number of esters is 1. The predicted octanol–water partition coefficient (Wildman–Crippen LogP) is 4.64. The van der Waals surface area contributed by atoms with Crippen LogP contribution in [-0.2, 0) is 19.1 Å². The molecule has 5 nitrogen and oxygen atoms in total. The second kappa shape index (κ2) is 8.77. The lowest BCUT2D eigenvalue weighted by Crippen LogP contribution is -2.41. The van der Waals surface area contributed by atoms with Gasteiger partial charge >= 0.3 is 5.97 Å². The molecule has 0 aromatic heterocycles. The molecule has 2 atom stereocenters. The summed E-state index contributed by atoms with van der Waals surface area (Å²) >= 11 is 0. The number of unbranched alkanes of at least 4 members (excludes halogenated alkanes) is 2. The van der Waals surface area contributed by atoms with Crippen LogP contribution in [0, 0.1) is 17.8 Å². The van der Waals surface area contributed by atoms with E-state index in [2.05, 4.69) is 24.3 Å². The summed E-state index contributed by atoms with van der Waals surface area (Å²) in [6.45, 7) is 4.90. The molecule has 2 amide bonds. The minimum Gasteiger partial charge on any atom is -0.465 e. The van der Waals surface area contributed by atoms with E-state index >= 15 is 0 Å². The average molecular weight is 446 g/mol. The highest BCUT2D eigenvalue weighted by Crippen LogP contribution is 2.60. The highest BCUT2D eigenvalue weighted by molar-refractivity contribution is 6.07. The van der Waals surface area contributed by atoms with Crippen molar-refractivity contribution in [1.82, 2.24) is 4.90 Å². The molecule has 4 aliphatic rings. The van der Waals surface area contributed by atoms with Crippen LogP contribution in [0.5, 0.6) is 0 Å². The third kappa shape index (κ3) is 3.68. The van der Waals surface area contributed by atoms with Crippen LogP contribution in [0.2, 0.25) is 0 Å². The predicted molar refractivity (Wildman–Crippen MR) is 125 cm³/mol. The van der Waals surface area contributed by atoms with Crippen LogP contribution in [0.4, 0.5) is 0 Å². The van der Waals surface area contributed by atoms with E-state index in [4.69, 9.17) is 4.74 Å². The molecule has 2 aromatic rings. The third-order valence-electron chi connectivity index (χ3n) is 7.38. The number of nitrogens with zero attached hydrogens (tertiary/aromatic N) is 1. The highest BCUT2D eigenvalue weighted by Gasteiger charge is 2.61. The largest absolute Gasteiger partial charge is 0.465 e. The molecule has 1 saturated heterocycles. The molecule has 0 N–H and O–H groups in total. The van der Waals surface area contributed by atoms with Crippen molar-refractivity contribution in [1.29, 1.82) is 0 Å². The Labute approximate surface area is 195 Å². The maximum Gasteiger partial charge on any atom is 0.305 e. The molecule has 2 aromatic carbocycles. The Morgan fingerprint density at radius 2 is 1.30 bits per heavy atom. The number of amides is 2. The molecule has 1 aliphatic heterocycles. The number of carbonyl (C=O) groups is 3. The van der Waals surface area contributed by atoms with E-state index in [1.807, 2.05) is 38.1 Å². The first-order valence-electron chi connectivity index (χ1n) is 12.2. The molecule has 172 valence electrons. The Morgan fingerprint density at radius 3 is 1.76 bits per heavy atom. The summed E-state index contributed by atoms with van der Waals surface area (Å²) in [5.74, 6) is -0.612. The summed E-state index contributed by atoms with van der Waals surface area (Å²) < 4.78 is 5.22. The van der Waals surface area contributed by atoms with Crippen molar-refractivity contribution in [2.75, 3.05) is 13.2 Å². The molecule has 2 bridgehead atoms. The summed E-state index contributed by atoms with van der Waals surface area (Å²) in [5, 5.41) is 0. The maximum absolute atomic E-state index is 13.5. The minimum absolute atomic E-state index is 0.0275. The first kappa shape index (κ1) is 21.9. The van der Waals surface area contributed by atoms with Gasteiger partial charge in [0.1, 0.15) is 0 Å². The number of carbonyl (C=O) groups excluding carboxylic acids is 3. The normalized spacial score (nSPS) is 24.6. The van der Waals surface area contributed by atoms with Gasteiger partial charge in [0, 0.05) is 24.8 Å². The molecule has 5 heteroatoms. The second-order valence-corrected chi connectivity index (χ2v) is 9.98. The number of rotatable bonds is 8. The summed E-state index contributed by atoms with van der Waals surface area (Å²) in [5.41, 5.74) is 4.80. The number of ether oxygens (including phenoxy) is 1. The zero-order valence-corrected chi connectivity index (χ0v) is 19.3. The van der Waals surface area contributed by atoms with Crippen LogP contribution in [0.1, 0.15) is 73.6 Å². The molecule has 1 heterocycles. The van der Waals surface area contributed by atoms with E-state index in [1.165, 1.54) is 27.2 Å². The van der Waals surface area contributed by atoms with Gasteiger partial charge in [0.25, 0.3) is 0 Å².